The topological polar surface area (TPSA) is 38.5 Å². The highest BCUT2D eigenvalue weighted by atomic mass is 19.1. The molecule has 1 heterocycles. The molecule has 1 atom stereocenters. The molecule has 2 rings (SSSR count). The van der Waals surface area contributed by atoms with Crippen LogP contribution < -0.4 is 10.6 Å². The molecule has 0 bridgehead atoms. The van der Waals surface area contributed by atoms with E-state index in [9.17, 15) is 4.39 Å². The molecule has 0 spiro atoms. The van der Waals surface area contributed by atoms with Crippen molar-refractivity contribution in [2.45, 2.75) is 19.4 Å². The van der Waals surface area contributed by atoms with Crippen LogP contribution in [0.5, 0.6) is 0 Å². The molecule has 0 radical (unpaired) electrons. The molecule has 1 aromatic rings. The van der Waals surface area contributed by atoms with Crippen LogP contribution in [0.15, 0.2) is 18.2 Å². The fourth-order valence-corrected chi connectivity index (χ4v) is 1.87. The second-order valence-electron chi connectivity index (χ2n) is 4.15. The summed E-state index contributed by atoms with van der Waals surface area (Å²) in [5.41, 5.74) is 7.02. The van der Waals surface area contributed by atoms with Crippen molar-refractivity contribution >= 4 is 5.69 Å². The number of hydrogen-bond donors (Lipinski definition) is 1. The quantitative estimate of drug-likeness (QED) is 0.848. The highest BCUT2D eigenvalue weighted by Crippen LogP contribution is 2.22. The zero-order valence-electron chi connectivity index (χ0n) is 9.45. The van der Waals surface area contributed by atoms with Gasteiger partial charge in [0.05, 0.1) is 6.10 Å². The van der Waals surface area contributed by atoms with E-state index in [1.54, 1.807) is 19.1 Å². The number of hydrogen-bond acceptors (Lipinski definition) is 3. The molecule has 88 valence electrons. The molecular weight excluding hydrogens is 207 g/mol. The minimum Gasteiger partial charge on any atom is -0.356 e. The summed E-state index contributed by atoms with van der Waals surface area (Å²) in [4.78, 5) is 2.03. The third kappa shape index (κ3) is 2.33. The zero-order chi connectivity index (χ0) is 11.5. The Kier molecular flexibility index (Phi) is 3.41. The maximum absolute atomic E-state index is 13.4. The molecule has 2 N–H and O–H groups in total. The van der Waals surface area contributed by atoms with E-state index in [1.807, 2.05) is 11.0 Å². The lowest BCUT2D eigenvalue weighted by Crippen LogP contribution is -2.23. The lowest BCUT2D eigenvalue weighted by atomic mass is 10.2. The molecule has 0 saturated carbocycles. The van der Waals surface area contributed by atoms with Gasteiger partial charge in [-0.15, -0.1) is 0 Å². The smallest absolute Gasteiger partial charge is 0.128 e. The van der Waals surface area contributed by atoms with Gasteiger partial charge in [-0.05, 0) is 37.6 Å². The number of nitrogens with two attached hydrogens (primary N) is 1. The number of benzene rings is 1. The van der Waals surface area contributed by atoms with Gasteiger partial charge in [-0.3, -0.25) is 0 Å². The Morgan fingerprint density at radius 2 is 2.38 bits per heavy atom. The summed E-state index contributed by atoms with van der Waals surface area (Å²) in [6, 6.07) is 5.27. The van der Waals surface area contributed by atoms with E-state index in [0.717, 1.165) is 18.7 Å². The SMILES string of the molecule is Cc1ccc(N2COC(CCN)C2)cc1F. The highest BCUT2D eigenvalue weighted by Gasteiger charge is 2.22. The lowest BCUT2D eigenvalue weighted by Gasteiger charge is -2.16. The van der Waals surface area contributed by atoms with Gasteiger partial charge in [-0.1, -0.05) is 6.07 Å². The Morgan fingerprint density at radius 3 is 3.06 bits per heavy atom. The van der Waals surface area contributed by atoms with Gasteiger partial charge in [0.15, 0.2) is 0 Å². The van der Waals surface area contributed by atoms with Crippen LogP contribution in [0, 0.1) is 12.7 Å². The first-order valence-corrected chi connectivity index (χ1v) is 5.53. The molecule has 1 saturated heterocycles. The normalized spacial score (nSPS) is 20.4. The van der Waals surface area contributed by atoms with E-state index < -0.39 is 0 Å². The Labute approximate surface area is 95.0 Å². The Balaban J connectivity index is 2.05. The van der Waals surface area contributed by atoms with Crippen molar-refractivity contribution in [2.75, 3.05) is 24.7 Å². The molecule has 1 unspecified atom stereocenters. The zero-order valence-corrected chi connectivity index (χ0v) is 9.45. The van der Waals surface area contributed by atoms with Crippen molar-refractivity contribution in [3.8, 4) is 0 Å². The van der Waals surface area contributed by atoms with E-state index in [1.165, 1.54) is 0 Å². The second kappa shape index (κ2) is 4.80. The molecule has 3 nitrogen and oxygen atoms in total. The second-order valence-corrected chi connectivity index (χ2v) is 4.15. The predicted molar refractivity (Wildman–Crippen MR) is 61.9 cm³/mol. The van der Waals surface area contributed by atoms with E-state index in [2.05, 4.69) is 0 Å². The maximum atomic E-state index is 13.4. The van der Waals surface area contributed by atoms with Crippen molar-refractivity contribution in [3.63, 3.8) is 0 Å². The molecule has 0 amide bonds. The van der Waals surface area contributed by atoms with Crippen LogP contribution >= 0.6 is 0 Å². The molecule has 0 aliphatic carbocycles. The van der Waals surface area contributed by atoms with Crippen LogP contribution in [-0.2, 0) is 4.74 Å². The largest absolute Gasteiger partial charge is 0.356 e. The summed E-state index contributed by atoms with van der Waals surface area (Å²) in [6.45, 7) is 3.70. The van der Waals surface area contributed by atoms with Gasteiger partial charge < -0.3 is 15.4 Å². The molecule has 1 aliphatic heterocycles. The summed E-state index contributed by atoms with van der Waals surface area (Å²) in [7, 11) is 0. The average molecular weight is 224 g/mol. The average Bonchev–Trinajstić information content (AvgIpc) is 2.71. The number of ether oxygens (including phenoxy) is 1. The summed E-state index contributed by atoms with van der Waals surface area (Å²) >= 11 is 0. The van der Waals surface area contributed by atoms with Gasteiger partial charge in [0.25, 0.3) is 0 Å². The minimum absolute atomic E-state index is 0.167. The Hall–Kier alpha value is -1.13. The van der Waals surface area contributed by atoms with E-state index in [-0.39, 0.29) is 11.9 Å². The van der Waals surface area contributed by atoms with Crippen LogP contribution in [0.25, 0.3) is 0 Å². The molecule has 1 aliphatic rings. The molecule has 16 heavy (non-hydrogen) atoms. The van der Waals surface area contributed by atoms with Crippen LogP contribution in [0.4, 0.5) is 10.1 Å². The Morgan fingerprint density at radius 1 is 1.56 bits per heavy atom. The first kappa shape index (κ1) is 11.4. The van der Waals surface area contributed by atoms with Gasteiger partial charge >= 0.3 is 0 Å². The van der Waals surface area contributed by atoms with Crippen LogP contribution in [-0.4, -0.2) is 25.9 Å². The van der Waals surface area contributed by atoms with Crippen molar-refractivity contribution in [1.29, 1.82) is 0 Å². The van der Waals surface area contributed by atoms with Crippen LogP contribution in [0.2, 0.25) is 0 Å². The molecule has 1 aromatic carbocycles. The van der Waals surface area contributed by atoms with E-state index in [4.69, 9.17) is 10.5 Å². The van der Waals surface area contributed by atoms with Crippen molar-refractivity contribution in [1.82, 2.24) is 0 Å². The third-order valence-corrected chi connectivity index (χ3v) is 2.90. The van der Waals surface area contributed by atoms with Crippen LogP contribution in [0.1, 0.15) is 12.0 Å². The van der Waals surface area contributed by atoms with Gasteiger partial charge in [-0.2, -0.15) is 0 Å². The van der Waals surface area contributed by atoms with Crippen molar-refractivity contribution < 1.29 is 9.13 Å². The standard InChI is InChI=1S/C12H17FN2O/c1-9-2-3-10(6-12(9)13)15-7-11(4-5-14)16-8-15/h2-3,6,11H,4-5,7-8,14H2,1H3. The number of halogens is 1. The first-order valence-electron chi connectivity index (χ1n) is 5.53. The van der Waals surface area contributed by atoms with Gasteiger partial charge in [0.2, 0.25) is 0 Å². The first-order chi connectivity index (χ1) is 7.70. The predicted octanol–water partition coefficient (Wildman–Crippen LogP) is 1.65. The van der Waals surface area contributed by atoms with Crippen LogP contribution in [0.3, 0.4) is 0 Å². The summed E-state index contributed by atoms with van der Waals surface area (Å²) in [6.07, 6.45) is 1.03. The maximum Gasteiger partial charge on any atom is 0.128 e. The van der Waals surface area contributed by atoms with Crippen molar-refractivity contribution in [3.05, 3.63) is 29.6 Å². The summed E-state index contributed by atoms with van der Waals surface area (Å²) in [5, 5.41) is 0. The minimum atomic E-state index is -0.167. The number of aryl methyl sites for hydroxylation is 1. The Bertz CT molecular complexity index is 370. The fourth-order valence-electron chi connectivity index (χ4n) is 1.87. The van der Waals surface area contributed by atoms with Gasteiger partial charge in [0, 0.05) is 12.2 Å². The molecule has 1 fully saturated rings. The van der Waals surface area contributed by atoms with Crippen molar-refractivity contribution in [2.24, 2.45) is 5.73 Å². The van der Waals surface area contributed by atoms with E-state index in [0.29, 0.717) is 18.8 Å². The summed E-state index contributed by atoms with van der Waals surface area (Å²) < 4.78 is 18.9. The van der Waals surface area contributed by atoms with E-state index >= 15 is 0 Å². The highest BCUT2D eigenvalue weighted by molar-refractivity contribution is 5.48. The molecule has 4 heteroatoms. The number of nitrogens with zero attached hydrogens (tertiary/aromatic N) is 1. The van der Waals surface area contributed by atoms with Gasteiger partial charge in [-0.25, -0.2) is 4.39 Å². The lowest BCUT2D eigenvalue weighted by molar-refractivity contribution is 0.111. The number of rotatable bonds is 3. The number of anilines is 1. The summed E-state index contributed by atoms with van der Waals surface area (Å²) in [5.74, 6) is -0.167. The monoisotopic (exact) mass is 224 g/mol. The molecule has 0 aromatic heterocycles. The van der Waals surface area contributed by atoms with Gasteiger partial charge in [0.1, 0.15) is 12.5 Å². The third-order valence-electron chi connectivity index (χ3n) is 2.90. The molecular formula is C12H17FN2O. The fraction of sp³-hybridized carbons (Fsp3) is 0.500.